The van der Waals surface area contributed by atoms with Gasteiger partial charge in [0.1, 0.15) is 0 Å². The summed E-state index contributed by atoms with van der Waals surface area (Å²) in [6, 6.07) is 11.4. The third-order valence-corrected chi connectivity index (χ3v) is 3.84. The molecule has 0 amide bonds. The molecule has 0 heterocycles. The van der Waals surface area contributed by atoms with Crippen LogP contribution >= 0.6 is 0 Å². The third kappa shape index (κ3) is 3.73. The molecule has 0 spiro atoms. The number of nitrogens with zero attached hydrogens (tertiary/aromatic N) is 1. The molecule has 118 valence electrons. The molecule has 0 aliphatic rings. The van der Waals surface area contributed by atoms with Gasteiger partial charge in [0.15, 0.2) is 11.5 Å². The van der Waals surface area contributed by atoms with Crippen LogP contribution in [0.1, 0.15) is 31.4 Å². The van der Waals surface area contributed by atoms with Crippen LogP contribution in [0.3, 0.4) is 0 Å². The average molecular weight is 299 g/mol. The Morgan fingerprint density at radius 2 is 1.68 bits per heavy atom. The van der Waals surface area contributed by atoms with Gasteiger partial charge in [-0.3, -0.25) is 0 Å². The highest BCUT2D eigenvalue weighted by atomic mass is 16.3. The minimum absolute atomic E-state index is 0.0863. The average Bonchev–Trinajstić information content (AvgIpc) is 2.44. The van der Waals surface area contributed by atoms with Gasteiger partial charge in [0, 0.05) is 24.0 Å². The quantitative estimate of drug-likeness (QED) is 0.772. The van der Waals surface area contributed by atoms with Crippen molar-refractivity contribution in [3.63, 3.8) is 0 Å². The van der Waals surface area contributed by atoms with Crippen molar-refractivity contribution in [3.05, 3.63) is 47.5 Å². The zero-order valence-corrected chi connectivity index (χ0v) is 13.8. The zero-order chi connectivity index (χ0) is 16.3. The molecule has 0 radical (unpaired) electrons. The zero-order valence-electron chi connectivity index (χ0n) is 13.8. The number of phenols is 2. The summed E-state index contributed by atoms with van der Waals surface area (Å²) in [6.45, 7) is 9.46. The lowest BCUT2D eigenvalue weighted by Gasteiger charge is -2.28. The fourth-order valence-corrected chi connectivity index (χ4v) is 2.56. The molecule has 2 aromatic rings. The summed E-state index contributed by atoms with van der Waals surface area (Å²) in [4.78, 5) is 2.20. The van der Waals surface area contributed by atoms with Gasteiger partial charge in [0.2, 0.25) is 0 Å². The van der Waals surface area contributed by atoms with Crippen LogP contribution in [0.4, 0.5) is 11.4 Å². The van der Waals surface area contributed by atoms with E-state index in [1.54, 1.807) is 6.07 Å². The Balaban J connectivity index is 2.43. The third-order valence-electron chi connectivity index (χ3n) is 3.84. The first kappa shape index (κ1) is 16.2. The highest BCUT2D eigenvalue weighted by molar-refractivity contribution is 5.68. The Hall–Kier alpha value is -2.16. The van der Waals surface area contributed by atoms with Gasteiger partial charge in [-0.05, 0) is 49.9 Å². The second kappa shape index (κ2) is 6.73. The molecule has 22 heavy (non-hydrogen) atoms. The van der Waals surface area contributed by atoms with E-state index < -0.39 is 0 Å². The summed E-state index contributed by atoms with van der Waals surface area (Å²) < 4.78 is 0. The minimum atomic E-state index is -0.0896. The van der Waals surface area contributed by atoms with Crippen molar-refractivity contribution in [1.29, 1.82) is 0 Å². The summed E-state index contributed by atoms with van der Waals surface area (Å²) >= 11 is 0. The van der Waals surface area contributed by atoms with Crippen molar-refractivity contribution in [1.82, 2.24) is 0 Å². The molecule has 0 saturated carbocycles. The Labute approximate surface area is 132 Å². The fraction of sp³-hybridized carbons (Fsp3) is 0.368. The second-order valence-electron chi connectivity index (χ2n) is 6.30. The first-order valence-electron chi connectivity index (χ1n) is 7.75. The number of rotatable bonds is 5. The van der Waals surface area contributed by atoms with Crippen LogP contribution in [-0.4, -0.2) is 16.8 Å². The van der Waals surface area contributed by atoms with Crippen molar-refractivity contribution >= 4 is 11.4 Å². The molecule has 0 saturated heterocycles. The van der Waals surface area contributed by atoms with Gasteiger partial charge in [-0.1, -0.05) is 31.5 Å². The summed E-state index contributed by atoms with van der Waals surface area (Å²) in [5.74, 6) is 0.420. The van der Waals surface area contributed by atoms with E-state index in [0.717, 1.165) is 24.3 Å². The topological polar surface area (TPSA) is 43.7 Å². The van der Waals surface area contributed by atoms with Gasteiger partial charge in [-0.15, -0.1) is 0 Å². The van der Waals surface area contributed by atoms with Gasteiger partial charge in [0.25, 0.3) is 0 Å². The highest BCUT2D eigenvalue weighted by Crippen LogP contribution is 2.35. The maximum Gasteiger partial charge on any atom is 0.159 e. The molecule has 0 unspecified atom stereocenters. The van der Waals surface area contributed by atoms with Gasteiger partial charge in [-0.2, -0.15) is 0 Å². The van der Waals surface area contributed by atoms with Crippen LogP contribution in [0, 0.1) is 19.8 Å². The molecular formula is C19H25NO2. The molecule has 0 bridgehead atoms. The van der Waals surface area contributed by atoms with Crippen LogP contribution < -0.4 is 4.90 Å². The lowest BCUT2D eigenvalue weighted by atomic mass is 10.1. The van der Waals surface area contributed by atoms with Crippen LogP contribution in [0.25, 0.3) is 0 Å². The maximum atomic E-state index is 9.81. The molecule has 2 N–H and O–H groups in total. The predicted octanol–water partition coefficient (Wildman–Crippen LogP) is 4.90. The Kier molecular flexibility index (Phi) is 4.96. The fourth-order valence-electron chi connectivity index (χ4n) is 2.56. The Morgan fingerprint density at radius 1 is 0.955 bits per heavy atom. The SMILES string of the molecule is Cc1ccc(N(CCC(C)C)c2ccc(O)c(O)c2)c(C)c1. The van der Waals surface area contributed by atoms with Crippen molar-refractivity contribution in [2.75, 3.05) is 11.4 Å². The number of aryl methyl sites for hydroxylation is 2. The van der Waals surface area contributed by atoms with E-state index in [4.69, 9.17) is 0 Å². The molecular weight excluding hydrogens is 274 g/mol. The van der Waals surface area contributed by atoms with Crippen LogP contribution in [0.5, 0.6) is 11.5 Å². The summed E-state index contributed by atoms with van der Waals surface area (Å²) in [7, 11) is 0. The van der Waals surface area contributed by atoms with Crippen LogP contribution in [0.15, 0.2) is 36.4 Å². The van der Waals surface area contributed by atoms with Crippen molar-refractivity contribution in [2.24, 2.45) is 5.92 Å². The van der Waals surface area contributed by atoms with Crippen molar-refractivity contribution < 1.29 is 10.2 Å². The standard InChI is InChI=1S/C19H25NO2/c1-13(2)9-10-20(16-6-8-18(21)19(22)12-16)17-7-5-14(3)11-15(17)4/h5-8,11-13,21-22H,9-10H2,1-4H3. The number of phenolic OH excluding ortho intramolecular Hbond substituents is 2. The summed E-state index contributed by atoms with van der Waals surface area (Å²) in [6.07, 6.45) is 1.05. The van der Waals surface area contributed by atoms with Gasteiger partial charge < -0.3 is 15.1 Å². The Bertz CT molecular complexity index is 650. The number of benzene rings is 2. The van der Waals surface area contributed by atoms with E-state index in [1.165, 1.54) is 17.2 Å². The first-order valence-corrected chi connectivity index (χ1v) is 7.75. The molecule has 0 atom stereocenters. The van der Waals surface area contributed by atoms with E-state index in [9.17, 15) is 10.2 Å². The molecule has 2 aromatic carbocycles. The second-order valence-corrected chi connectivity index (χ2v) is 6.30. The molecule has 0 aliphatic heterocycles. The molecule has 2 rings (SSSR count). The van der Waals surface area contributed by atoms with Gasteiger partial charge in [-0.25, -0.2) is 0 Å². The van der Waals surface area contributed by atoms with Crippen molar-refractivity contribution in [3.8, 4) is 11.5 Å². The maximum absolute atomic E-state index is 9.81. The first-order chi connectivity index (χ1) is 10.4. The van der Waals surface area contributed by atoms with Crippen LogP contribution in [0.2, 0.25) is 0 Å². The number of aromatic hydroxyl groups is 2. The normalized spacial score (nSPS) is 11.0. The minimum Gasteiger partial charge on any atom is -0.504 e. The largest absolute Gasteiger partial charge is 0.504 e. The van der Waals surface area contributed by atoms with E-state index >= 15 is 0 Å². The number of anilines is 2. The van der Waals surface area contributed by atoms with E-state index in [-0.39, 0.29) is 11.5 Å². The van der Waals surface area contributed by atoms with Crippen molar-refractivity contribution in [2.45, 2.75) is 34.1 Å². The number of hydrogen-bond acceptors (Lipinski definition) is 3. The smallest absolute Gasteiger partial charge is 0.159 e. The number of hydrogen-bond donors (Lipinski definition) is 2. The van der Waals surface area contributed by atoms with Gasteiger partial charge >= 0.3 is 0 Å². The summed E-state index contributed by atoms with van der Waals surface area (Å²) in [5, 5.41) is 19.3. The predicted molar refractivity (Wildman–Crippen MR) is 92.1 cm³/mol. The summed E-state index contributed by atoms with van der Waals surface area (Å²) in [5.41, 5.74) is 4.47. The lowest BCUT2D eigenvalue weighted by Crippen LogP contribution is -2.20. The monoisotopic (exact) mass is 299 g/mol. The van der Waals surface area contributed by atoms with Crippen LogP contribution in [-0.2, 0) is 0 Å². The lowest BCUT2D eigenvalue weighted by molar-refractivity contribution is 0.404. The van der Waals surface area contributed by atoms with Gasteiger partial charge in [0.05, 0.1) is 0 Å². The highest BCUT2D eigenvalue weighted by Gasteiger charge is 2.14. The molecule has 0 aliphatic carbocycles. The molecule has 3 heteroatoms. The van der Waals surface area contributed by atoms with E-state index in [1.807, 2.05) is 6.07 Å². The molecule has 3 nitrogen and oxygen atoms in total. The van der Waals surface area contributed by atoms with E-state index in [2.05, 4.69) is 50.8 Å². The Morgan fingerprint density at radius 3 is 2.27 bits per heavy atom. The van der Waals surface area contributed by atoms with E-state index in [0.29, 0.717) is 5.92 Å². The molecule has 0 aromatic heterocycles. The molecule has 0 fully saturated rings.